The van der Waals surface area contributed by atoms with Crippen LogP contribution in [0, 0.1) is 0 Å². The third-order valence-electron chi connectivity index (χ3n) is 3.65. The summed E-state index contributed by atoms with van der Waals surface area (Å²) in [6, 6.07) is 0.679. The first kappa shape index (κ1) is 12.7. The van der Waals surface area contributed by atoms with E-state index >= 15 is 0 Å². The van der Waals surface area contributed by atoms with Gasteiger partial charge in [-0.25, -0.2) is 0 Å². The zero-order valence-corrected chi connectivity index (χ0v) is 11.5. The van der Waals surface area contributed by atoms with E-state index in [1.165, 1.54) is 25.9 Å². The summed E-state index contributed by atoms with van der Waals surface area (Å²) in [6.45, 7) is 9.17. The Morgan fingerprint density at radius 2 is 1.75 bits per heavy atom. The topological polar surface area (TPSA) is 15.7 Å². The third-order valence-corrected chi connectivity index (χ3v) is 4.53. The van der Waals surface area contributed by atoms with Gasteiger partial charge < -0.3 is 4.74 Å². The zero-order chi connectivity index (χ0) is 11.5. The second kappa shape index (κ2) is 5.71. The van der Waals surface area contributed by atoms with Gasteiger partial charge in [-0.05, 0) is 32.9 Å². The Labute approximate surface area is 104 Å². The molecule has 2 fully saturated rings. The average Bonchev–Trinajstić information content (AvgIpc) is 2.23. The van der Waals surface area contributed by atoms with Crippen LogP contribution in [-0.4, -0.2) is 59.9 Å². The molecule has 0 aromatic rings. The van der Waals surface area contributed by atoms with Gasteiger partial charge in [-0.15, -0.1) is 0 Å². The van der Waals surface area contributed by atoms with Gasteiger partial charge in [-0.2, -0.15) is 0 Å². The quantitative estimate of drug-likeness (QED) is 0.701. The van der Waals surface area contributed by atoms with Gasteiger partial charge >= 0.3 is 0 Å². The maximum atomic E-state index is 6.12. The van der Waals surface area contributed by atoms with Crippen LogP contribution in [0.25, 0.3) is 0 Å². The first-order valence-corrected chi connectivity index (χ1v) is 7.55. The van der Waals surface area contributed by atoms with E-state index in [9.17, 15) is 0 Å². The van der Waals surface area contributed by atoms with Crippen molar-refractivity contribution >= 4 is 11.9 Å². The van der Waals surface area contributed by atoms with E-state index in [4.69, 9.17) is 4.74 Å². The summed E-state index contributed by atoms with van der Waals surface area (Å²) in [6.07, 6.45) is 5.60. The second-order valence-corrected chi connectivity index (χ2v) is 6.00. The highest BCUT2D eigenvalue weighted by Gasteiger charge is 2.32. The monoisotopic (exact) mass is 244 g/mol. The molecule has 2 heterocycles. The van der Waals surface area contributed by atoms with E-state index < -0.39 is 0 Å². The van der Waals surface area contributed by atoms with Crippen LogP contribution in [0.3, 0.4) is 0 Å². The summed E-state index contributed by atoms with van der Waals surface area (Å²) in [5.41, 5.74) is 0. The van der Waals surface area contributed by atoms with Gasteiger partial charge in [0.25, 0.3) is 0 Å². The fourth-order valence-electron chi connectivity index (χ4n) is 2.40. The summed E-state index contributed by atoms with van der Waals surface area (Å²) < 4.78 is 8.55. The lowest BCUT2D eigenvalue weighted by Crippen LogP contribution is -2.56. The number of hydrogen-bond donors (Lipinski definition) is 0. The van der Waals surface area contributed by atoms with Crippen molar-refractivity contribution < 1.29 is 4.74 Å². The molecule has 0 radical (unpaired) electrons. The largest absolute Gasteiger partial charge is 0.372 e. The van der Waals surface area contributed by atoms with E-state index in [0.29, 0.717) is 18.2 Å². The molecular weight excluding hydrogens is 220 g/mol. The highest BCUT2D eigenvalue weighted by molar-refractivity contribution is 7.96. The maximum Gasteiger partial charge on any atom is 0.0832 e. The molecule has 2 rings (SSSR count). The lowest BCUT2D eigenvalue weighted by Gasteiger charge is -2.44. The number of ether oxygens (including phenoxy) is 1. The molecule has 4 heteroatoms. The number of rotatable bonds is 4. The van der Waals surface area contributed by atoms with Crippen LogP contribution in [0.2, 0.25) is 0 Å². The van der Waals surface area contributed by atoms with Gasteiger partial charge in [-0.3, -0.25) is 9.21 Å². The van der Waals surface area contributed by atoms with Crippen molar-refractivity contribution in [1.82, 2.24) is 9.21 Å². The summed E-state index contributed by atoms with van der Waals surface area (Å²) in [7, 11) is 0. The van der Waals surface area contributed by atoms with Gasteiger partial charge in [0.15, 0.2) is 0 Å². The molecule has 2 aliphatic rings. The summed E-state index contributed by atoms with van der Waals surface area (Å²) in [5, 5.41) is 0. The van der Waals surface area contributed by atoms with Crippen LogP contribution in [0.15, 0.2) is 0 Å². The highest BCUT2D eigenvalue weighted by Crippen LogP contribution is 2.23. The van der Waals surface area contributed by atoms with Crippen molar-refractivity contribution in [2.75, 3.05) is 32.4 Å². The zero-order valence-electron chi connectivity index (χ0n) is 10.7. The Balaban J connectivity index is 1.62. The smallest absolute Gasteiger partial charge is 0.0832 e. The fourth-order valence-corrected chi connectivity index (χ4v) is 2.98. The lowest BCUT2D eigenvalue weighted by molar-refractivity contribution is -0.111. The van der Waals surface area contributed by atoms with Crippen molar-refractivity contribution in [2.24, 2.45) is 0 Å². The number of nitrogens with zero attached hydrogens (tertiary/aromatic N) is 2. The summed E-state index contributed by atoms with van der Waals surface area (Å²) in [5.74, 6) is 0. The van der Waals surface area contributed by atoms with E-state index in [-0.39, 0.29) is 0 Å². The standard InChI is InChI=1S/C12H24N2OS/c1-10(2)13-8-12(9-13)15-11-4-6-14(16-3)7-5-11/h10-12H,4-9H2,1-3H3. The highest BCUT2D eigenvalue weighted by atomic mass is 32.2. The van der Waals surface area contributed by atoms with E-state index in [0.717, 1.165) is 13.1 Å². The molecule has 0 spiro atoms. The molecule has 0 bridgehead atoms. The van der Waals surface area contributed by atoms with Crippen molar-refractivity contribution in [3.63, 3.8) is 0 Å². The van der Waals surface area contributed by atoms with Crippen molar-refractivity contribution in [2.45, 2.75) is 44.9 Å². The number of hydrogen-bond acceptors (Lipinski definition) is 4. The Morgan fingerprint density at radius 1 is 1.12 bits per heavy atom. The van der Waals surface area contributed by atoms with Crippen LogP contribution < -0.4 is 0 Å². The third kappa shape index (κ3) is 3.13. The fraction of sp³-hybridized carbons (Fsp3) is 1.00. The van der Waals surface area contributed by atoms with Gasteiger partial charge in [-0.1, -0.05) is 11.9 Å². The predicted molar refractivity (Wildman–Crippen MR) is 69.7 cm³/mol. The van der Waals surface area contributed by atoms with Crippen molar-refractivity contribution in [3.8, 4) is 0 Å². The normalized spacial score (nSPS) is 26.2. The van der Waals surface area contributed by atoms with Gasteiger partial charge in [0.1, 0.15) is 0 Å². The van der Waals surface area contributed by atoms with E-state index in [1.807, 2.05) is 11.9 Å². The molecule has 16 heavy (non-hydrogen) atoms. The van der Waals surface area contributed by atoms with E-state index in [2.05, 4.69) is 29.3 Å². The van der Waals surface area contributed by atoms with Gasteiger partial charge in [0.2, 0.25) is 0 Å². The van der Waals surface area contributed by atoms with Crippen LogP contribution in [-0.2, 0) is 4.74 Å². The molecule has 0 atom stereocenters. The van der Waals surface area contributed by atoms with Crippen LogP contribution >= 0.6 is 11.9 Å². The SMILES string of the molecule is CSN1CCC(OC2CN(C(C)C)C2)CC1. The minimum absolute atomic E-state index is 0.508. The minimum atomic E-state index is 0.508. The Morgan fingerprint density at radius 3 is 2.25 bits per heavy atom. The lowest BCUT2D eigenvalue weighted by atomic mass is 10.1. The Hall–Kier alpha value is 0.230. The molecule has 0 aromatic carbocycles. The second-order valence-electron chi connectivity index (χ2n) is 5.12. The summed E-state index contributed by atoms with van der Waals surface area (Å²) >= 11 is 1.86. The molecule has 0 aliphatic carbocycles. The summed E-state index contributed by atoms with van der Waals surface area (Å²) in [4.78, 5) is 2.47. The Kier molecular flexibility index (Phi) is 4.53. The van der Waals surface area contributed by atoms with Gasteiger partial charge in [0, 0.05) is 32.2 Å². The van der Waals surface area contributed by atoms with Crippen LogP contribution in [0.1, 0.15) is 26.7 Å². The molecule has 0 unspecified atom stereocenters. The minimum Gasteiger partial charge on any atom is -0.372 e. The first-order chi connectivity index (χ1) is 7.69. The molecule has 2 aliphatic heterocycles. The molecular formula is C12H24N2OS. The van der Waals surface area contributed by atoms with Crippen LogP contribution in [0.5, 0.6) is 0 Å². The Bertz CT molecular complexity index is 211. The average molecular weight is 244 g/mol. The molecule has 0 aromatic heterocycles. The predicted octanol–water partition coefficient (Wildman–Crippen LogP) is 1.84. The molecule has 0 N–H and O–H groups in total. The maximum absolute atomic E-state index is 6.12. The number of likely N-dealkylation sites (tertiary alicyclic amines) is 1. The molecule has 94 valence electrons. The molecule has 2 saturated heterocycles. The molecule has 0 amide bonds. The molecule has 0 saturated carbocycles. The number of piperidine rings is 1. The van der Waals surface area contributed by atoms with E-state index in [1.54, 1.807) is 0 Å². The first-order valence-electron chi connectivity index (χ1n) is 6.37. The van der Waals surface area contributed by atoms with Crippen molar-refractivity contribution in [3.05, 3.63) is 0 Å². The molecule has 3 nitrogen and oxygen atoms in total. The van der Waals surface area contributed by atoms with Crippen molar-refractivity contribution in [1.29, 1.82) is 0 Å². The van der Waals surface area contributed by atoms with Gasteiger partial charge in [0.05, 0.1) is 12.2 Å². The van der Waals surface area contributed by atoms with Crippen LogP contribution in [0.4, 0.5) is 0 Å².